The summed E-state index contributed by atoms with van der Waals surface area (Å²) in [6.45, 7) is 5.32. The van der Waals surface area contributed by atoms with Crippen molar-refractivity contribution in [2.45, 2.75) is 18.4 Å². The van der Waals surface area contributed by atoms with Crippen LogP contribution in [0.4, 0.5) is 11.4 Å². The van der Waals surface area contributed by atoms with E-state index in [1.165, 1.54) is 12.1 Å². The minimum absolute atomic E-state index is 0.166. The fourth-order valence-corrected chi connectivity index (χ4v) is 4.86. The Balaban J connectivity index is 1.41. The minimum atomic E-state index is -3.74. The zero-order valence-electron chi connectivity index (χ0n) is 18.5. The standard InChI is InChI=1S/C25H27N3O4S/c1-19-23(8-5-9-24(19)27-33(30,31)22-6-3-2-4-7-22)25(29)26-18-20-10-12-21(13-11-20)28-14-16-32-17-15-28/h2-13,27H,14-18H2,1H3,(H,26,29). The number of ether oxygens (including phenoxy) is 1. The molecule has 1 heterocycles. The molecule has 1 aliphatic heterocycles. The highest BCUT2D eigenvalue weighted by Crippen LogP contribution is 2.23. The topological polar surface area (TPSA) is 87.7 Å². The third kappa shape index (κ3) is 5.53. The van der Waals surface area contributed by atoms with Gasteiger partial charge in [-0.05, 0) is 54.4 Å². The molecular formula is C25H27N3O4S. The maximum atomic E-state index is 12.8. The van der Waals surface area contributed by atoms with E-state index in [4.69, 9.17) is 4.74 Å². The van der Waals surface area contributed by atoms with Gasteiger partial charge in [0.2, 0.25) is 0 Å². The summed E-state index contributed by atoms with van der Waals surface area (Å²) in [5.41, 5.74) is 3.49. The Labute approximate surface area is 194 Å². The maximum Gasteiger partial charge on any atom is 0.261 e. The highest BCUT2D eigenvalue weighted by atomic mass is 32.2. The highest BCUT2D eigenvalue weighted by Gasteiger charge is 2.18. The number of hydrogen-bond acceptors (Lipinski definition) is 5. The van der Waals surface area contributed by atoms with Gasteiger partial charge in [-0.2, -0.15) is 0 Å². The summed E-state index contributed by atoms with van der Waals surface area (Å²) >= 11 is 0. The van der Waals surface area contributed by atoms with Crippen molar-refractivity contribution >= 4 is 27.3 Å². The van der Waals surface area contributed by atoms with E-state index in [0.717, 1.165) is 37.6 Å². The second-order valence-electron chi connectivity index (χ2n) is 7.85. The van der Waals surface area contributed by atoms with Gasteiger partial charge in [-0.15, -0.1) is 0 Å². The average molecular weight is 466 g/mol. The van der Waals surface area contributed by atoms with Gasteiger partial charge in [0.05, 0.1) is 23.8 Å². The second-order valence-corrected chi connectivity index (χ2v) is 9.53. The van der Waals surface area contributed by atoms with Crippen LogP contribution in [-0.4, -0.2) is 40.6 Å². The van der Waals surface area contributed by atoms with Crippen LogP contribution in [0.2, 0.25) is 0 Å². The molecule has 1 fully saturated rings. The number of sulfonamides is 1. The highest BCUT2D eigenvalue weighted by molar-refractivity contribution is 7.92. The van der Waals surface area contributed by atoms with Gasteiger partial charge < -0.3 is 15.0 Å². The molecule has 4 rings (SSSR count). The van der Waals surface area contributed by atoms with Gasteiger partial charge in [0.1, 0.15) is 0 Å². The lowest BCUT2D eigenvalue weighted by atomic mass is 10.1. The first-order chi connectivity index (χ1) is 15.9. The Hall–Kier alpha value is -3.36. The van der Waals surface area contributed by atoms with Crippen molar-refractivity contribution in [1.82, 2.24) is 5.32 Å². The third-order valence-corrected chi connectivity index (χ3v) is 7.02. The molecule has 8 heteroatoms. The molecule has 0 unspecified atom stereocenters. The second kappa shape index (κ2) is 10.1. The van der Waals surface area contributed by atoms with Crippen LogP contribution in [0, 0.1) is 6.92 Å². The average Bonchev–Trinajstić information content (AvgIpc) is 2.85. The van der Waals surface area contributed by atoms with Crippen molar-refractivity contribution in [3.8, 4) is 0 Å². The van der Waals surface area contributed by atoms with Gasteiger partial charge in [-0.3, -0.25) is 9.52 Å². The number of amides is 1. The molecule has 0 bridgehead atoms. The van der Waals surface area contributed by atoms with E-state index in [0.29, 0.717) is 23.4 Å². The number of morpholine rings is 1. The van der Waals surface area contributed by atoms with Crippen LogP contribution >= 0.6 is 0 Å². The molecule has 0 aromatic heterocycles. The van der Waals surface area contributed by atoms with Crippen LogP contribution in [0.25, 0.3) is 0 Å². The molecule has 0 spiro atoms. The first kappa shape index (κ1) is 22.8. The molecule has 172 valence electrons. The summed E-state index contributed by atoms with van der Waals surface area (Å²) < 4.78 is 33.3. The predicted molar refractivity (Wildman–Crippen MR) is 129 cm³/mol. The molecule has 33 heavy (non-hydrogen) atoms. The summed E-state index contributed by atoms with van der Waals surface area (Å²) in [5, 5.41) is 2.93. The Morgan fingerprint density at radius 3 is 2.33 bits per heavy atom. The van der Waals surface area contributed by atoms with E-state index in [9.17, 15) is 13.2 Å². The summed E-state index contributed by atoms with van der Waals surface area (Å²) in [6.07, 6.45) is 0. The zero-order chi connectivity index (χ0) is 23.3. The fourth-order valence-electron chi connectivity index (χ4n) is 3.72. The predicted octanol–water partition coefficient (Wildman–Crippen LogP) is 3.56. The molecule has 1 amide bonds. The van der Waals surface area contributed by atoms with Crippen molar-refractivity contribution in [2.24, 2.45) is 0 Å². The fraction of sp³-hybridized carbons (Fsp3) is 0.240. The molecule has 0 saturated carbocycles. The van der Waals surface area contributed by atoms with Crippen molar-refractivity contribution in [2.75, 3.05) is 35.9 Å². The Kier molecular flexibility index (Phi) is 6.96. The molecule has 2 N–H and O–H groups in total. The monoisotopic (exact) mass is 465 g/mol. The lowest BCUT2D eigenvalue weighted by molar-refractivity contribution is 0.0950. The first-order valence-electron chi connectivity index (χ1n) is 10.8. The number of carbonyl (C=O) groups excluding carboxylic acids is 1. The number of nitrogens with one attached hydrogen (secondary N) is 2. The van der Waals surface area contributed by atoms with Crippen molar-refractivity contribution < 1.29 is 17.9 Å². The lowest BCUT2D eigenvalue weighted by Gasteiger charge is -2.28. The molecule has 1 aliphatic rings. The van der Waals surface area contributed by atoms with E-state index < -0.39 is 10.0 Å². The Morgan fingerprint density at radius 1 is 0.939 bits per heavy atom. The quantitative estimate of drug-likeness (QED) is 0.557. The number of hydrogen-bond donors (Lipinski definition) is 2. The summed E-state index contributed by atoms with van der Waals surface area (Å²) in [4.78, 5) is 15.3. The number of anilines is 2. The van der Waals surface area contributed by atoms with Crippen molar-refractivity contribution in [3.05, 3.63) is 89.5 Å². The number of carbonyl (C=O) groups is 1. The minimum Gasteiger partial charge on any atom is -0.378 e. The van der Waals surface area contributed by atoms with E-state index in [1.807, 2.05) is 12.1 Å². The summed E-state index contributed by atoms with van der Waals surface area (Å²) in [5.74, 6) is -0.259. The molecule has 0 aliphatic carbocycles. The molecular weight excluding hydrogens is 438 g/mol. The Morgan fingerprint density at radius 2 is 1.64 bits per heavy atom. The van der Waals surface area contributed by atoms with E-state index >= 15 is 0 Å². The van der Waals surface area contributed by atoms with Gasteiger partial charge in [-0.1, -0.05) is 36.4 Å². The van der Waals surface area contributed by atoms with Crippen LogP contribution in [-0.2, 0) is 21.3 Å². The molecule has 0 radical (unpaired) electrons. The number of benzene rings is 3. The van der Waals surface area contributed by atoms with Crippen LogP contribution in [0.3, 0.4) is 0 Å². The SMILES string of the molecule is Cc1c(NS(=O)(=O)c2ccccc2)cccc1C(=O)NCc1ccc(N2CCOCC2)cc1. The van der Waals surface area contributed by atoms with Crippen LogP contribution < -0.4 is 14.9 Å². The number of rotatable bonds is 7. The Bertz CT molecular complexity index is 1210. The van der Waals surface area contributed by atoms with E-state index in [-0.39, 0.29) is 10.8 Å². The van der Waals surface area contributed by atoms with Gasteiger partial charge in [0.15, 0.2) is 0 Å². The largest absolute Gasteiger partial charge is 0.378 e. The van der Waals surface area contributed by atoms with Gasteiger partial charge >= 0.3 is 0 Å². The van der Waals surface area contributed by atoms with Crippen LogP contribution in [0.15, 0.2) is 77.7 Å². The molecule has 1 saturated heterocycles. The van der Waals surface area contributed by atoms with Gasteiger partial charge in [0, 0.05) is 30.9 Å². The molecule has 3 aromatic rings. The first-order valence-corrected chi connectivity index (χ1v) is 12.3. The third-order valence-electron chi connectivity index (χ3n) is 5.64. The maximum absolute atomic E-state index is 12.8. The van der Waals surface area contributed by atoms with Gasteiger partial charge in [0.25, 0.3) is 15.9 Å². The number of nitrogens with zero attached hydrogens (tertiary/aromatic N) is 1. The lowest BCUT2D eigenvalue weighted by Crippen LogP contribution is -2.36. The van der Waals surface area contributed by atoms with Crippen LogP contribution in [0.5, 0.6) is 0 Å². The molecule has 0 atom stereocenters. The summed E-state index contributed by atoms with van der Waals surface area (Å²) in [7, 11) is -3.74. The molecule has 7 nitrogen and oxygen atoms in total. The van der Waals surface area contributed by atoms with E-state index in [2.05, 4.69) is 27.1 Å². The van der Waals surface area contributed by atoms with Crippen molar-refractivity contribution in [3.63, 3.8) is 0 Å². The smallest absolute Gasteiger partial charge is 0.261 e. The van der Waals surface area contributed by atoms with Gasteiger partial charge in [-0.25, -0.2) is 8.42 Å². The van der Waals surface area contributed by atoms with E-state index in [1.54, 1.807) is 43.3 Å². The molecule has 3 aromatic carbocycles. The van der Waals surface area contributed by atoms with Crippen molar-refractivity contribution in [1.29, 1.82) is 0 Å². The normalized spacial score (nSPS) is 14.0. The van der Waals surface area contributed by atoms with Crippen LogP contribution in [0.1, 0.15) is 21.5 Å². The summed E-state index contributed by atoms with van der Waals surface area (Å²) in [6, 6.07) is 21.3. The zero-order valence-corrected chi connectivity index (χ0v) is 19.3.